The van der Waals surface area contributed by atoms with E-state index in [1.165, 1.54) is 26.2 Å². The second-order valence-corrected chi connectivity index (χ2v) is 7.15. The maximum atomic E-state index is 13.8. The number of hydrogen-bond acceptors (Lipinski definition) is 6. The number of nitro groups is 1. The molecule has 3 rings (SSSR count). The molecule has 0 aliphatic rings. The van der Waals surface area contributed by atoms with Gasteiger partial charge in [0, 0.05) is 5.56 Å². The molecule has 0 radical (unpaired) electrons. The van der Waals surface area contributed by atoms with E-state index in [2.05, 4.69) is 27.7 Å². The second kappa shape index (κ2) is 9.03. The fraction of sp³-hybridized carbons (Fsp3) is 0.150. The Balaban J connectivity index is 1.85. The van der Waals surface area contributed by atoms with Crippen LogP contribution >= 0.6 is 22.6 Å². The molecule has 150 valence electrons. The Kier molecular flexibility index (Phi) is 6.47. The zero-order valence-corrected chi connectivity index (χ0v) is 17.7. The van der Waals surface area contributed by atoms with Crippen molar-refractivity contribution in [2.45, 2.75) is 13.5 Å². The van der Waals surface area contributed by atoms with Crippen molar-refractivity contribution in [2.24, 2.45) is 0 Å². The highest BCUT2D eigenvalue weighted by Gasteiger charge is 2.22. The average molecular weight is 510 g/mol. The SMILES string of the molecule is COc1cc(/C=C\c2onc(C)c2[N+](=O)[O-])cc(I)c1OCc1ccccc1F. The Labute approximate surface area is 179 Å². The summed E-state index contributed by atoms with van der Waals surface area (Å²) in [4.78, 5) is 10.6. The van der Waals surface area contributed by atoms with Crippen LogP contribution in [0.15, 0.2) is 40.9 Å². The van der Waals surface area contributed by atoms with Gasteiger partial charge in [0.25, 0.3) is 0 Å². The fourth-order valence-corrected chi connectivity index (χ4v) is 3.41. The maximum Gasteiger partial charge on any atom is 0.338 e. The van der Waals surface area contributed by atoms with Gasteiger partial charge in [0.2, 0.25) is 5.76 Å². The molecule has 0 amide bonds. The molecule has 0 aliphatic heterocycles. The van der Waals surface area contributed by atoms with Crippen molar-refractivity contribution < 1.29 is 23.3 Å². The third-order valence-electron chi connectivity index (χ3n) is 4.05. The first-order valence-corrected chi connectivity index (χ1v) is 9.51. The van der Waals surface area contributed by atoms with Gasteiger partial charge in [0.15, 0.2) is 17.2 Å². The molecule has 7 nitrogen and oxygen atoms in total. The van der Waals surface area contributed by atoms with Crippen molar-refractivity contribution >= 4 is 40.4 Å². The molecule has 0 spiro atoms. The van der Waals surface area contributed by atoms with Crippen molar-refractivity contribution in [2.75, 3.05) is 7.11 Å². The number of ether oxygens (including phenoxy) is 2. The van der Waals surface area contributed by atoms with Gasteiger partial charge in [-0.25, -0.2) is 4.39 Å². The monoisotopic (exact) mass is 510 g/mol. The van der Waals surface area contributed by atoms with Gasteiger partial charge in [-0.2, -0.15) is 0 Å². The topological polar surface area (TPSA) is 87.6 Å². The molecule has 0 fully saturated rings. The third-order valence-corrected chi connectivity index (χ3v) is 4.85. The standard InChI is InChI=1S/C20H16FIN2O5/c1-12-19(24(25)26)17(29-23-12)8-7-13-9-16(22)20(18(10-13)27-2)28-11-14-5-3-4-6-15(14)21/h3-10H,11H2,1-2H3/b8-7-. The van der Waals surface area contributed by atoms with E-state index in [9.17, 15) is 14.5 Å². The van der Waals surface area contributed by atoms with Crippen molar-refractivity contribution in [1.29, 1.82) is 0 Å². The predicted molar refractivity (Wildman–Crippen MR) is 113 cm³/mol. The maximum absolute atomic E-state index is 13.8. The lowest BCUT2D eigenvalue weighted by atomic mass is 10.1. The molecule has 1 aromatic heterocycles. The van der Waals surface area contributed by atoms with E-state index >= 15 is 0 Å². The summed E-state index contributed by atoms with van der Waals surface area (Å²) in [5, 5.41) is 14.8. The molecular formula is C20H16FIN2O5. The summed E-state index contributed by atoms with van der Waals surface area (Å²) < 4.78 is 30.7. The number of aromatic nitrogens is 1. The van der Waals surface area contributed by atoms with Crippen LogP contribution in [0.4, 0.5) is 10.1 Å². The zero-order chi connectivity index (χ0) is 21.0. The van der Waals surface area contributed by atoms with E-state index in [4.69, 9.17) is 14.0 Å². The number of methoxy groups -OCH3 is 1. The van der Waals surface area contributed by atoms with E-state index in [-0.39, 0.29) is 29.6 Å². The summed E-state index contributed by atoms with van der Waals surface area (Å²) in [6.07, 6.45) is 3.13. The van der Waals surface area contributed by atoms with Crippen LogP contribution in [0, 0.1) is 26.4 Å². The summed E-state index contributed by atoms with van der Waals surface area (Å²) >= 11 is 2.09. The second-order valence-electron chi connectivity index (χ2n) is 5.99. The van der Waals surface area contributed by atoms with Gasteiger partial charge in [0.05, 0.1) is 15.6 Å². The molecule has 1 heterocycles. The highest BCUT2D eigenvalue weighted by atomic mass is 127. The van der Waals surface area contributed by atoms with Crippen molar-refractivity contribution in [3.63, 3.8) is 0 Å². The first-order chi connectivity index (χ1) is 13.9. The summed E-state index contributed by atoms with van der Waals surface area (Å²) in [6, 6.07) is 9.90. The number of rotatable bonds is 7. The van der Waals surface area contributed by atoms with Gasteiger partial charge < -0.3 is 14.0 Å². The minimum absolute atomic E-state index is 0.0533. The predicted octanol–water partition coefficient (Wildman–Crippen LogP) is 5.39. The van der Waals surface area contributed by atoms with Gasteiger partial charge in [-0.3, -0.25) is 10.1 Å². The van der Waals surface area contributed by atoms with E-state index in [1.807, 2.05) is 6.07 Å². The van der Waals surface area contributed by atoms with Gasteiger partial charge in [-0.15, -0.1) is 0 Å². The van der Waals surface area contributed by atoms with E-state index < -0.39 is 4.92 Å². The molecular weight excluding hydrogens is 494 g/mol. The Morgan fingerprint density at radius 2 is 2.07 bits per heavy atom. The number of halogens is 2. The quantitative estimate of drug-likeness (QED) is 0.241. The third kappa shape index (κ3) is 4.73. The molecule has 0 unspecified atom stereocenters. The van der Waals surface area contributed by atoms with Crippen LogP contribution in [0.2, 0.25) is 0 Å². The van der Waals surface area contributed by atoms with Gasteiger partial charge in [-0.05, 0) is 59.4 Å². The van der Waals surface area contributed by atoms with Crippen molar-refractivity contribution in [1.82, 2.24) is 5.16 Å². The minimum Gasteiger partial charge on any atom is -0.493 e. The number of aryl methyl sites for hydroxylation is 1. The van der Waals surface area contributed by atoms with Crippen LogP contribution in [0.3, 0.4) is 0 Å². The highest BCUT2D eigenvalue weighted by molar-refractivity contribution is 14.1. The number of nitrogens with zero attached hydrogens (tertiary/aromatic N) is 2. The van der Waals surface area contributed by atoms with Crippen molar-refractivity contribution in [3.8, 4) is 11.5 Å². The summed E-state index contributed by atoms with van der Waals surface area (Å²) in [6.45, 7) is 1.56. The van der Waals surface area contributed by atoms with Gasteiger partial charge >= 0.3 is 5.69 Å². The molecule has 0 saturated carbocycles. The molecule has 0 N–H and O–H groups in total. The molecule has 3 aromatic rings. The Hall–Kier alpha value is -2.95. The Morgan fingerprint density at radius 3 is 2.76 bits per heavy atom. The normalized spacial score (nSPS) is 11.0. The molecule has 0 saturated heterocycles. The van der Waals surface area contributed by atoms with Crippen LogP contribution in [0.1, 0.15) is 22.6 Å². The largest absolute Gasteiger partial charge is 0.493 e. The lowest BCUT2D eigenvalue weighted by molar-refractivity contribution is -0.386. The molecule has 0 atom stereocenters. The molecule has 0 bridgehead atoms. The van der Waals surface area contributed by atoms with Crippen molar-refractivity contribution in [3.05, 3.63) is 78.5 Å². The molecule has 0 aliphatic carbocycles. The zero-order valence-electron chi connectivity index (χ0n) is 15.5. The molecule has 9 heteroatoms. The molecule has 29 heavy (non-hydrogen) atoms. The van der Waals surface area contributed by atoms with E-state index in [0.29, 0.717) is 22.6 Å². The van der Waals surface area contributed by atoms with Gasteiger partial charge in [0.1, 0.15) is 12.4 Å². The fourth-order valence-electron chi connectivity index (χ4n) is 2.63. The smallest absolute Gasteiger partial charge is 0.338 e. The molecule has 2 aromatic carbocycles. The first-order valence-electron chi connectivity index (χ1n) is 8.43. The van der Waals surface area contributed by atoms with E-state index in [0.717, 1.165) is 3.57 Å². The summed E-state index contributed by atoms with van der Waals surface area (Å²) in [5.41, 5.74) is 1.18. The first kappa shape index (κ1) is 20.8. The van der Waals surface area contributed by atoms with Crippen LogP contribution < -0.4 is 9.47 Å². The minimum atomic E-state index is -0.532. The summed E-state index contributed by atoms with van der Waals surface area (Å²) in [7, 11) is 1.50. The van der Waals surface area contributed by atoms with Crippen LogP contribution in [-0.2, 0) is 6.61 Å². The van der Waals surface area contributed by atoms with Crippen LogP contribution in [-0.4, -0.2) is 17.2 Å². The van der Waals surface area contributed by atoms with Gasteiger partial charge in [-0.1, -0.05) is 29.4 Å². The van der Waals surface area contributed by atoms with Crippen LogP contribution in [0.25, 0.3) is 12.2 Å². The highest BCUT2D eigenvalue weighted by Crippen LogP contribution is 2.35. The van der Waals surface area contributed by atoms with E-state index in [1.54, 1.807) is 30.3 Å². The lowest BCUT2D eigenvalue weighted by Gasteiger charge is -2.14. The number of hydrogen-bond donors (Lipinski definition) is 0. The lowest BCUT2D eigenvalue weighted by Crippen LogP contribution is -2.01. The Morgan fingerprint density at radius 1 is 1.31 bits per heavy atom. The number of benzene rings is 2. The van der Waals surface area contributed by atoms with Crippen LogP contribution in [0.5, 0.6) is 11.5 Å². The average Bonchev–Trinajstić information content (AvgIpc) is 3.07. The Bertz CT molecular complexity index is 1080. The summed E-state index contributed by atoms with van der Waals surface area (Å²) in [5.74, 6) is 0.650.